The lowest BCUT2D eigenvalue weighted by Gasteiger charge is -2.32. The van der Waals surface area contributed by atoms with Crippen molar-refractivity contribution in [1.82, 2.24) is 9.80 Å². The minimum Gasteiger partial charge on any atom is -0.418 e. The van der Waals surface area contributed by atoms with E-state index in [9.17, 15) is 10.2 Å². The fourth-order valence-corrected chi connectivity index (χ4v) is 8.65. The summed E-state index contributed by atoms with van der Waals surface area (Å²) in [4.78, 5) is 4.65. The van der Waals surface area contributed by atoms with Gasteiger partial charge in [0.25, 0.3) is 0 Å². The van der Waals surface area contributed by atoms with Gasteiger partial charge in [-0.3, -0.25) is 9.80 Å². The van der Waals surface area contributed by atoms with Crippen molar-refractivity contribution in [1.29, 1.82) is 0 Å². The first kappa shape index (κ1) is 39.1. The molecule has 0 aromatic heterocycles. The predicted octanol–water partition coefficient (Wildman–Crippen LogP) is 4.82. The summed E-state index contributed by atoms with van der Waals surface area (Å²) in [6.45, 7) is 28.4. The first-order valence-corrected chi connectivity index (χ1v) is 21.7. The molecule has 0 saturated heterocycles. The van der Waals surface area contributed by atoms with E-state index in [4.69, 9.17) is 18.3 Å². The molecule has 0 aliphatic rings. The summed E-state index contributed by atoms with van der Waals surface area (Å²) in [5.74, 6) is 0. The van der Waals surface area contributed by atoms with E-state index in [-0.39, 0.29) is 0 Å². The van der Waals surface area contributed by atoms with E-state index in [0.717, 1.165) is 57.7 Å². The van der Waals surface area contributed by atoms with E-state index in [1.54, 1.807) is 0 Å². The highest BCUT2D eigenvalue weighted by Crippen LogP contribution is 2.15. The van der Waals surface area contributed by atoms with Gasteiger partial charge in [-0.25, -0.2) is 0 Å². The summed E-state index contributed by atoms with van der Waals surface area (Å²) in [6, 6.07) is 2.85. The molecule has 39 heavy (non-hydrogen) atoms. The number of hydrogen-bond acceptors (Lipinski definition) is 8. The lowest BCUT2D eigenvalue weighted by molar-refractivity contribution is 0.00481. The van der Waals surface area contributed by atoms with Crippen molar-refractivity contribution >= 4 is 16.6 Å². The van der Waals surface area contributed by atoms with E-state index in [1.165, 1.54) is 0 Å². The summed E-state index contributed by atoms with van der Waals surface area (Å²) < 4.78 is 23.3. The second-order valence-electron chi connectivity index (χ2n) is 12.6. The molecule has 0 spiro atoms. The van der Waals surface area contributed by atoms with Gasteiger partial charge in [0.2, 0.25) is 0 Å². The first-order valence-electron chi connectivity index (χ1n) is 15.5. The van der Waals surface area contributed by atoms with Crippen molar-refractivity contribution in [2.45, 2.75) is 123 Å². The number of aliphatic hydroxyl groups excluding tert-OH is 2. The first-order chi connectivity index (χ1) is 18.2. The smallest absolute Gasteiger partial charge is 0.186 e. The number of rotatable bonds is 26. The maximum atomic E-state index is 10.6. The zero-order chi connectivity index (χ0) is 29.9. The molecule has 8 nitrogen and oxygen atoms in total. The van der Waals surface area contributed by atoms with Crippen LogP contribution in [0.4, 0.5) is 0 Å². The fourth-order valence-electron chi connectivity index (χ4n) is 4.81. The molecule has 2 atom stereocenters. The van der Waals surface area contributed by atoms with Crippen LogP contribution in [-0.4, -0.2) is 127 Å². The third kappa shape index (κ3) is 21.5. The highest BCUT2D eigenvalue weighted by atomic mass is 28.4. The average Bonchev–Trinajstić information content (AvgIpc) is 2.81. The van der Waals surface area contributed by atoms with Crippen molar-refractivity contribution in [3.05, 3.63) is 0 Å². The Kier molecular flexibility index (Phi) is 21.8. The van der Waals surface area contributed by atoms with Gasteiger partial charge < -0.3 is 28.5 Å². The summed E-state index contributed by atoms with van der Waals surface area (Å²) in [7, 11) is -3.13. The molecule has 0 aliphatic heterocycles. The minimum atomic E-state index is -1.56. The largest absolute Gasteiger partial charge is 0.418 e. The predicted molar refractivity (Wildman–Crippen MR) is 169 cm³/mol. The standard InChI is InChI=1S/C29H66N2O6Si2/c1-11-36-38(7,8)20-14-18-34-24-28(32)22-30(26(3)4)16-13-17-31(27(5)6)23-29(33)25-35-19-15-21-39(9,10)37-12-2/h26-29,32-33H,11-25H2,1-10H3. The normalized spacial score (nSPS) is 14.8. The maximum absolute atomic E-state index is 10.6. The Morgan fingerprint density at radius 3 is 1.28 bits per heavy atom. The van der Waals surface area contributed by atoms with Gasteiger partial charge in [-0.1, -0.05) is 0 Å². The van der Waals surface area contributed by atoms with E-state index >= 15 is 0 Å². The van der Waals surface area contributed by atoms with Crippen LogP contribution in [0.15, 0.2) is 0 Å². The van der Waals surface area contributed by atoms with Crippen molar-refractivity contribution in [3.8, 4) is 0 Å². The van der Waals surface area contributed by atoms with Gasteiger partial charge in [-0.2, -0.15) is 0 Å². The van der Waals surface area contributed by atoms with Crippen LogP contribution in [0.25, 0.3) is 0 Å². The van der Waals surface area contributed by atoms with Crippen molar-refractivity contribution < 1.29 is 28.5 Å². The number of ether oxygens (including phenoxy) is 2. The van der Waals surface area contributed by atoms with Crippen molar-refractivity contribution in [2.24, 2.45) is 0 Å². The molecule has 0 bridgehead atoms. The zero-order valence-corrected chi connectivity index (χ0v) is 29.3. The zero-order valence-electron chi connectivity index (χ0n) is 27.3. The van der Waals surface area contributed by atoms with Gasteiger partial charge in [0, 0.05) is 51.6 Å². The number of nitrogens with zero attached hydrogens (tertiary/aromatic N) is 2. The lowest BCUT2D eigenvalue weighted by Crippen LogP contribution is -2.43. The molecule has 0 aromatic rings. The van der Waals surface area contributed by atoms with Crippen LogP contribution in [0.5, 0.6) is 0 Å². The van der Waals surface area contributed by atoms with Gasteiger partial charge in [-0.05, 0) is 112 Å². The molecule has 0 heterocycles. The topological polar surface area (TPSA) is 83.9 Å². The Morgan fingerprint density at radius 1 is 0.615 bits per heavy atom. The van der Waals surface area contributed by atoms with E-state index < -0.39 is 28.8 Å². The maximum Gasteiger partial charge on any atom is 0.186 e. The lowest BCUT2D eigenvalue weighted by atomic mass is 10.2. The third-order valence-corrected chi connectivity index (χ3v) is 12.3. The molecule has 236 valence electrons. The van der Waals surface area contributed by atoms with Crippen LogP contribution in [-0.2, 0) is 18.3 Å². The third-order valence-electron chi connectivity index (χ3n) is 7.07. The Morgan fingerprint density at radius 2 is 0.974 bits per heavy atom. The van der Waals surface area contributed by atoms with Crippen LogP contribution >= 0.6 is 0 Å². The molecule has 0 fully saturated rings. The molecular formula is C29H66N2O6Si2. The molecule has 10 heteroatoms. The second-order valence-corrected chi connectivity index (χ2v) is 21.2. The highest BCUT2D eigenvalue weighted by Gasteiger charge is 2.22. The Bertz CT molecular complexity index is 536. The summed E-state index contributed by atoms with van der Waals surface area (Å²) >= 11 is 0. The van der Waals surface area contributed by atoms with Gasteiger partial charge in [0.15, 0.2) is 16.6 Å². The molecular weight excluding hydrogens is 528 g/mol. The van der Waals surface area contributed by atoms with Gasteiger partial charge in [0.05, 0.1) is 25.4 Å². The fraction of sp³-hybridized carbons (Fsp3) is 1.00. The Hall–Kier alpha value is 0.114. The minimum absolute atomic E-state index is 0.347. The summed E-state index contributed by atoms with van der Waals surface area (Å²) in [5.41, 5.74) is 0. The van der Waals surface area contributed by atoms with Crippen LogP contribution in [0.1, 0.15) is 60.8 Å². The molecule has 0 rings (SSSR count). The van der Waals surface area contributed by atoms with Crippen molar-refractivity contribution in [3.63, 3.8) is 0 Å². The van der Waals surface area contributed by atoms with Gasteiger partial charge in [-0.15, -0.1) is 0 Å². The summed E-state index contributed by atoms with van der Waals surface area (Å²) in [5, 5.41) is 21.1. The monoisotopic (exact) mass is 594 g/mol. The SMILES string of the molecule is CCO[Si](C)(C)CCCOCC(O)CN(CCCN(CC(O)COCCC[Si](C)(C)OCC)C(C)C)C(C)C. The second kappa shape index (κ2) is 21.8. The summed E-state index contributed by atoms with van der Waals surface area (Å²) in [6.07, 6.45) is 1.95. The molecule has 2 N–H and O–H groups in total. The number of aliphatic hydroxyl groups is 2. The van der Waals surface area contributed by atoms with Gasteiger partial charge >= 0.3 is 0 Å². The van der Waals surface area contributed by atoms with E-state index in [0.29, 0.717) is 51.6 Å². The highest BCUT2D eigenvalue weighted by molar-refractivity contribution is 6.71. The average molecular weight is 595 g/mol. The van der Waals surface area contributed by atoms with Crippen molar-refractivity contribution in [2.75, 3.05) is 65.8 Å². The molecule has 0 aromatic carbocycles. The van der Waals surface area contributed by atoms with Crippen LogP contribution in [0.3, 0.4) is 0 Å². The number of hydrogen-bond donors (Lipinski definition) is 2. The van der Waals surface area contributed by atoms with E-state index in [1.807, 2.05) is 0 Å². The van der Waals surface area contributed by atoms with Gasteiger partial charge in [0.1, 0.15) is 0 Å². The molecule has 0 saturated carbocycles. The molecule has 0 radical (unpaired) electrons. The van der Waals surface area contributed by atoms with Crippen LogP contribution < -0.4 is 0 Å². The quantitative estimate of drug-likeness (QED) is 0.109. The Balaban J connectivity index is 4.32. The van der Waals surface area contributed by atoms with Crippen LogP contribution in [0.2, 0.25) is 38.3 Å². The Labute approximate surface area is 244 Å². The molecule has 2 unspecified atom stereocenters. The van der Waals surface area contributed by atoms with Crippen LogP contribution in [0, 0.1) is 0 Å². The van der Waals surface area contributed by atoms with E-state index in [2.05, 4.69) is 77.5 Å². The molecule has 0 amide bonds. The molecule has 0 aliphatic carbocycles.